The van der Waals surface area contributed by atoms with Gasteiger partial charge in [0.1, 0.15) is 5.82 Å². The highest BCUT2D eigenvalue weighted by atomic mass is 15.4. The van der Waals surface area contributed by atoms with Crippen LogP contribution in [0.1, 0.15) is 17.0 Å². The lowest BCUT2D eigenvalue weighted by Crippen LogP contribution is -2.27. The summed E-state index contributed by atoms with van der Waals surface area (Å²) >= 11 is 0. The van der Waals surface area contributed by atoms with Crippen molar-refractivity contribution in [3.05, 3.63) is 90.0 Å². The Kier molecular flexibility index (Phi) is 4.92. The molecule has 2 aromatic carbocycles. The van der Waals surface area contributed by atoms with E-state index < -0.39 is 0 Å². The van der Waals surface area contributed by atoms with Crippen LogP contribution in [0.25, 0.3) is 11.4 Å². The van der Waals surface area contributed by atoms with Gasteiger partial charge in [0.2, 0.25) is 0 Å². The molecule has 0 spiro atoms. The molecule has 0 bridgehead atoms. The lowest BCUT2D eigenvalue weighted by Gasteiger charge is -2.21. The number of benzene rings is 2. The van der Waals surface area contributed by atoms with Gasteiger partial charge in [-0.1, -0.05) is 54.6 Å². The fourth-order valence-corrected chi connectivity index (χ4v) is 3.89. The molecule has 2 aromatic heterocycles. The van der Waals surface area contributed by atoms with Crippen molar-refractivity contribution in [3.63, 3.8) is 0 Å². The van der Waals surface area contributed by atoms with Gasteiger partial charge in [-0.05, 0) is 17.2 Å². The zero-order valence-corrected chi connectivity index (χ0v) is 16.4. The summed E-state index contributed by atoms with van der Waals surface area (Å²) in [6.45, 7) is 4.58. The van der Waals surface area contributed by atoms with Gasteiger partial charge < -0.3 is 0 Å². The molecular weight excluding hydrogens is 360 g/mol. The molecule has 0 saturated carbocycles. The number of aromatic nitrogens is 5. The normalized spacial score (nSPS) is 14.5. The largest absolute Gasteiger partial charge is 0.297 e. The Bertz CT molecular complexity index is 1040. The van der Waals surface area contributed by atoms with E-state index in [4.69, 9.17) is 10.1 Å². The first-order valence-electron chi connectivity index (χ1n) is 10.1. The lowest BCUT2D eigenvalue weighted by atomic mass is 10.1. The topological polar surface area (TPSA) is 51.8 Å². The van der Waals surface area contributed by atoms with E-state index in [1.54, 1.807) is 0 Å². The van der Waals surface area contributed by atoms with Crippen LogP contribution in [0.15, 0.2) is 73.1 Å². The van der Waals surface area contributed by atoms with Crippen LogP contribution in [0.3, 0.4) is 0 Å². The van der Waals surface area contributed by atoms with Gasteiger partial charge in [0, 0.05) is 44.0 Å². The highest BCUT2D eigenvalue weighted by Gasteiger charge is 2.18. The SMILES string of the molecule is c1ccc(-c2nc3n(n2)CCN(Cc2ccccc2Cn2cccn2)CC3)cc1. The first-order chi connectivity index (χ1) is 14.3. The van der Waals surface area contributed by atoms with Gasteiger partial charge in [-0.15, -0.1) is 0 Å². The Balaban J connectivity index is 1.28. The van der Waals surface area contributed by atoms with Gasteiger partial charge in [-0.2, -0.15) is 10.2 Å². The predicted octanol–water partition coefficient (Wildman–Crippen LogP) is 3.25. The molecule has 0 N–H and O–H groups in total. The van der Waals surface area contributed by atoms with Crippen molar-refractivity contribution in [2.75, 3.05) is 13.1 Å². The smallest absolute Gasteiger partial charge is 0.181 e. The monoisotopic (exact) mass is 384 g/mol. The zero-order chi connectivity index (χ0) is 19.5. The van der Waals surface area contributed by atoms with Crippen molar-refractivity contribution < 1.29 is 0 Å². The number of hydrogen-bond donors (Lipinski definition) is 0. The van der Waals surface area contributed by atoms with Gasteiger partial charge in [-0.25, -0.2) is 9.67 Å². The highest BCUT2D eigenvalue weighted by molar-refractivity contribution is 5.54. The third-order valence-electron chi connectivity index (χ3n) is 5.46. The molecule has 0 aliphatic carbocycles. The summed E-state index contributed by atoms with van der Waals surface area (Å²) in [6.07, 6.45) is 4.76. The van der Waals surface area contributed by atoms with E-state index in [9.17, 15) is 0 Å². The fourth-order valence-electron chi connectivity index (χ4n) is 3.89. The third-order valence-corrected chi connectivity index (χ3v) is 5.46. The molecule has 0 saturated heterocycles. The van der Waals surface area contributed by atoms with Crippen LogP contribution in [-0.2, 0) is 26.1 Å². The summed E-state index contributed by atoms with van der Waals surface area (Å²) in [5, 5.41) is 9.11. The Labute approximate surface area is 170 Å². The predicted molar refractivity (Wildman–Crippen MR) is 112 cm³/mol. The molecule has 6 nitrogen and oxygen atoms in total. The molecule has 6 heteroatoms. The van der Waals surface area contributed by atoms with Crippen molar-refractivity contribution >= 4 is 0 Å². The van der Waals surface area contributed by atoms with Crippen LogP contribution in [0.2, 0.25) is 0 Å². The number of hydrogen-bond acceptors (Lipinski definition) is 4. The molecule has 0 unspecified atom stereocenters. The molecule has 5 rings (SSSR count). The minimum absolute atomic E-state index is 0.806. The Morgan fingerprint density at radius 2 is 1.59 bits per heavy atom. The Morgan fingerprint density at radius 1 is 0.793 bits per heavy atom. The molecule has 3 heterocycles. The van der Waals surface area contributed by atoms with Gasteiger partial charge in [0.15, 0.2) is 5.82 Å². The van der Waals surface area contributed by atoms with Crippen LogP contribution < -0.4 is 0 Å². The zero-order valence-electron chi connectivity index (χ0n) is 16.4. The van der Waals surface area contributed by atoms with Crippen molar-refractivity contribution in [2.24, 2.45) is 0 Å². The van der Waals surface area contributed by atoms with Crippen molar-refractivity contribution in [1.29, 1.82) is 0 Å². The van der Waals surface area contributed by atoms with Crippen LogP contribution >= 0.6 is 0 Å². The molecular formula is C23H24N6. The molecule has 1 aliphatic heterocycles. The van der Waals surface area contributed by atoms with E-state index in [0.29, 0.717) is 0 Å². The third kappa shape index (κ3) is 3.98. The van der Waals surface area contributed by atoms with E-state index in [-0.39, 0.29) is 0 Å². The van der Waals surface area contributed by atoms with E-state index >= 15 is 0 Å². The van der Waals surface area contributed by atoms with Crippen LogP contribution in [0.5, 0.6) is 0 Å². The molecule has 0 fully saturated rings. The molecule has 0 amide bonds. The number of rotatable bonds is 5. The molecule has 1 aliphatic rings. The molecule has 4 aromatic rings. The second-order valence-corrected chi connectivity index (χ2v) is 7.44. The van der Waals surface area contributed by atoms with E-state index in [1.807, 2.05) is 41.3 Å². The summed E-state index contributed by atoms with van der Waals surface area (Å²) in [6, 6.07) is 20.8. The van der Waals surface area contributed by atoms with Gasteiger partial charge in [0.25, 0.3) is 0 Å². The molecule has 0 radical (unpaired) electrons. The summed E-state index contributed by atoms with van der Waals surface area (Å²) in [5.74, 6) is 1.91. The van der Waals surface area contributed by atoms with Gasteiger partial charge >= 0.3 is 0 Å². The first-order valence-corrected chi connectivity index (χ1v) is 10.1. The van der Waals surface area contributed by atoms with Crippen LogP contribution in [0, 0.1) is 0 Å². The van der Waals surface area contributed by atoms with Crippen molar-refractivity contribution in [2.45, 2.75) is 26.1 Å². The first kappa shape index (κ1) is 17.8. The minimum atomic E-state index is 0.806. The summed E-state index contributed by atoms with van der Waals surface area (Å²) in [7, 11) is 0. The Morgan fingerprint density at radius 3 is 2.38 bits per heavy atom. The van der Waals surface area contributed by atoms with Crippen LogP contribution in [0.4, 0.5) is 0 Å². The van der Waals surface area contributed by atoms with E-state index in [1.165, 1.54) is 11.1 Å². The second kappa shape index (κ2) is 8.01. The quantitative estimate of drug-likeness (QED) is 0.530. The number of fused-ring (bicyclic) bond motifs is 1. The maximum Gasteiger partial charge on any atom is 0.181 e. The average Bonchev–Trinajstić information content (AvgIpc) is 3.38. The molecule has 29 heavy (non-hydrogen) atoms. The number of nitrogens with zero attached hydrogens (tertiary/aromatic N) is 6. The standard InChI is InChI=1S/C23H24N6/c1-2-7-19(8-3-1)23-25-22-11-14-27(15-16-29(22)26-23)17-20-9-4-5-10-21(20)18-28-13-6-12-24-28/h1-10,12-13H,11,14-18H2. The minimum Gasteiger partial charge on any atom is -0.297 e. The van der Waals surface area contributed by atoms with Crippen LogP contribution in [-0.4, -0.2) is 42.5 Å². The highest BCUT2D eigenvalue weighted by Crippen LogP contribution is 2.19. The second-order valence-electron chi connectivity index (χ2n) is 7.44. The van der Waals surface area contributed by atoms with Gasteiger partial charge in [0.05, 0.1) is 13.1 Å². The maximum atomic E-state index is 4.80. The summed E-state index contributed by atoms with van der Waals surface area (Å²) < 4.78 is 4.06. The van der Waals surface area contributed by atoms with E-state index in [0.717, 1.165) is 56.4 Å². The van der Waals surface area contributed by atoms with E-state index in [2.05, 4.69) is 51.1 Å². The maximum absolute atomic E-state index is 4.80. The van der Waals surface area contributed by atoms with Gasteiger partial charge in [-0.3, -0.25) is 9.58 Å². The fraction of sp³-hybridized carbons (Fsp3) is 0.261. The Hall–Kier alpha value is -3.25. The molecule has 0 atom stereocenters. The average molecular weight is 384 g/mol. The van der Waals surface area contributed by atoms with Crippen molar-refractivity contribution in [1.82, 2.24) is 29.4 Å². The molecule has 146 valence electrons. The van der Waals surface area contributed by atoms with Crippen molar-refractivity contribution in [3.8, 4) is 11.4 Å². The summed E-state index contributed by atoms with van der Waals surface area (Å²) in [5.41, 5.74) is 3.76. The lowest BCUT2D eigenvalue weighted by molar-refractivity contribution is 0.268. The summed E-state index contributed by atoms with van der Waals surface area (Å²) in [4.78, 5) is 7.30.